The second-order valence-corrected chi connectivity index (χ2v) is 8.43. The van der Waals surface area contributed by atoms with Crippen LogP contribution in [0.4, 0.5) is 0 Å². The van der Waals surface area contributed by atoms with Crippen molar-refractivity contribution in [3.8, 4) is 5.75 Å². The largest absolute Gasteiger partial charge is 0.494 e. The van der Waals surface area contributed by atoms with Crippen LogP contribution in [-0.2, 0) is 17.8 Å². The molecule has 5 nitrogen and oxygen atoms in total. The van der Waals surface area contributed by atoms with E-state index in [0.717, 1.165) is 71.0 Å². The number of benzene rings is 2. The standard InChI is InChI=1S/C24H28ClN3O2/c1-16-14-19(15-17(2)23(16)25)30-13-5-12-28-21-7-4-3-6-20(21)27-22(28)10-11-26-24(29)18-8-9-18/h3-4,6-7,14-15,18H,5,8-13H2,1-2H3,(H,26,29). The number of halogens is 1. The van der Waals surface area contributed by atoms with Gasteiger partial charge in [-0.05, 0) is 68.5 Å². The normalized spacial score (nSPS) is 13.6. The zero-order chi connectivity index (χ0) is 21.1. The van der Waals surface area contributed by atoms with Crippen molar-refractivity contribution < 1.29 is 9.53 Å². The highest BCUT2D eigenvalue weighted by atomic mass is 35.5. The zero-order valence-electron chi connectivity index (χ0n) is 17.6. The van der Waals surface area contributed by atoms with Crippen molar-refractivity contribution in [3.63, 3.8) is 0 Å². The van der Waals surface area contributed by atoms with Gasteiger partial charge in [0.05, 0.1) is 17.6 Å². The van der Waals surface area contributed by atoms with E-state index in [2.05, 4.69) is 16.0 Å². The Morgan fingerprint density at radius 2 is 1.97 bits per heavy atom. The molecule has 0 unspecified atom stereocenters. The average molecular weight is 426 g/mol. The van der Waals surface area contributed by atoms with Crippen molar-refractivity contribution in [2.45, 2.75) is 46.1 Å². The predicted molar refractivity (Wildman–Crippen MR) is 120 cm³/mol. The van der Waals surface area contributed by atoms with Gasteiger partial charge >= 0.3 is 0 Å². The Labute approximate surface area is 182 Å². The maximum absolute atomic E-state index is 11.9. The van der Waals surface area contributed by atoms with Crippen LogP contribution in [-0.4, -0.2) is 28.6 Å². The summed E-state index contributed by atoms with van der Waals surface area (Å²) in [5.41, 5.74) is 4.18. The third-order valence-corrected chi connectivity index (χ3v) is 6.13. The van der Waals surface area contributed by atoms with Crippen LogP contribution >= 0.6 is 11.6 Å². The van der Waals surface area contributed by atoms with E-state index in [-0.39, 0.29) is 11.8 Å². The lowest BCUT2D eigenvalue weighted by atomic mass is 10.1. The third-order valence-electron chi connectivity index (χ3n) is 5.53. The molecule has 1 saturated carbocycles. The lowest BCUT2D eigenvalue weighted by Gasteiger charge is -2.12. The van der Waals surface area contributed by atoms with Crippen LogP contribution in [0.3, 0.4) is 0 Å². The first kappa shape index (κ1) is 20.7. The molecule has 1 N–H and O–H groups in total. The Morgan fingerprint density at radius 1 is 1.23 bits per heavy atom. The maximum Gasteiger partial charge on any atom is 0.223 e. The molecule has 0 aliphatic heterocycles. The molecule has 1 heterocycles. The fraction of sp³-hybridized carbons (Fsp3) is 0.417. The molecule has 0 bridgehead atoms. The molecule has 6 heteroatoms. The van der Waals surface area contributed by atoms with Gasteiger partial charge in [-0.3, -0.25) is 4.79 Å². The molecular weight excluding hydrogens is 398 g/mol. The molecule has 0 atom stereocenters. The van der Waals surface area contributed by atoms with Gasteiger partial charge in [-0.25, -0.2) is 4.98 Å². The molecular formula is C24H28ClN3O2. The van der Waals surface area contributed by atoms with Gasteiger partial charge in [-0.1, -0.05) is 23.7 Å². The number of aryl methyl sites for hydroxylation is 3. The first-order valence-corrected chi connectivity index (χ1v) is 11.0. The van der Waals surface area contributed by atoms with Crippen molar-refractivity contribution in [3.05, 3.63) is 58.4 Å². The fourth-order valence-electron chi connectivity index (χ4n) is 3.76. The Balaban J connectivity index is 1.38. The minimum absolute atomic E-state index is 0.180. The highest BCUT2D eigenvalue weighted by Crippen LogP contribution is 2.28. The van der Waals surface area contributed by atoms with E-state index in [9.17, 15) is 4.79 Å². The highest BCUT2D eigenvalue weighted by Gasteiger charge is 2.29. The second-order valence-electron chi connectivity index (χ2n) is 8.06. The van der Waals surface area contributed by atoms with Gasteiger partial charge in [-0.2, -0.15) is 0 Å². The molecule has 3 aromatic rings. The molecule has 1 aliphatic carbocycles. The van der Waals surface area contributed by atoms with E-state index in [4.69, 9.17) is 21.3 Å². The molecule has 30 heavy (non-hydrogen) atoms. The van der Waals surface area contributed by atoms with Gasteiger partial charge in [0.15, 0.2) is 0 Å². The number of fused-ring (bicyclic) bond motifs is 1. The Morgan fingerprint density at radius 3 is 2.70 bits per heavy atom. The van der Waals surface area contributed by atoms with Gasteiger partial charge in [0, 0.05) is 30.5 Å². The summed E-state index contributed by atoms with van der Waals surface area (Å²) in [5.74, 6) is 2.28. The van der Waals surface area contributed by atoms with Gasteiger partial charge in [-0.15, -0.1) is 0 Å². The summed E-state index contributed by atoms with van der Waals surface area (Å²) in [6.45, 7) is 6.05. The van der Waals surface area contributed by atoms with E-state index in [1.807, 2.05) is 44.2 Å². The Bertz CT molecular complexity index is 1030. The number of hydrogen-bond donors (Lipinski definition) is 1. The lowest BCUT2D eigenvalue weighted by molar-refractivity contribution is -0.122. The molecule has 1 aromatic heterocycles. The smallest absolute Gasteiger partial charge is 0.223 e. The Hall–Kier alpha value is -2.53. The molecule has 0 spiro atoms. The van der Waals surface area contributed by atoms with E-state index >= 15 is 0 Å². The van der Waals surface area contributed by atoms with Crippen LogP contribution in [0.25, 0.3) is 11.0 Å². The van der Waals surface area contributed by atoms with Crippen LogP contribution in [0.15, 0.2) is 36.4 Å². The number of nitrogens with one attached hydrogen (secondary N) is 1. The molecule has 1 fully saturated rings. The molecule has 2 aromatic carbocycles. The number of imidazole rings is 1. The number of hydrogen-bond acceptors (Lipinski definition) is 3. The van der Waals surface area contributed by atoms with Gasteiger partial charge in [0.1, 0.15) is 11.6 Å². The number of aromatic nitrogens is 2. The summed E-state index contributed by atoms with van der Waals surface area (Å²) < 4.78 is 8.22. The summed E-state index contributed by atoms with van der Waals surface area (Å²) in [5, 5.41) is 3.84. The molecule has 0 saturated heterocycles. The fourth-order valence-corrected chi connectivity index (χ4v) is 3.86. The van der Waals surface area contributed by atoms with Crippen molar-refractivity contribution in [1.29, 1.82) is 0 Å². The van der Waals surface area contributed by atoms with Gasteiger partial charge in [0.2, 0.25) is 5.91 Å². The van der Waals surface area contributed by atoms with Crippen LogP contribution < -0.4 is 10.1 Å². The number of carbonyl (C=O) groups excluding carboxylic acids is 1. The second kappa shape index (κ2) is 9.09. The molecule has 158 valence electrons. The van der Waals surface area contributed by atoms with Gasteiger partial charge in [0.25, 0.3) is 0 Å². The molecule has 1 aliphatic rings. The van der Waals surface area contributed by atoms with Crippen molar-refractivity contribution in [1.82, 2.24) is 14.9 Å². The number of rotatable bonds is 9. The molecule has 1 amide bonds. The number of para-hydroxylation sites is 2. The predicted octanol–water partition coefficient (Wildman–Crippen LogP) is 4.84. The lowest BCUT2D eigenvalue weighted by Crippen LogP contribution is -2.27. The van der Waals surface area contributed by atoms with Crippen LogP contribution in [0, 0.1) is 19.8 Å². The first-order valence-electron chi connectivity index (χ1n) is 10.6. The van der Waals surface area contributed by atoms with Crippen molar-refractivity contribution in [2.24, 2.45) is 5.92 Å². The topological polar surface area (TPSA) is 56.1 Å². The molecule has 0 radical (unpaired) electrons. The van der Waals surface area contributed by atoms with E-state index < -0.39 is 0 Å². The average Bonchev–Trinajstić information content (AvgIpc) is 3.52. The van der Waals surface area contributed by atoms with Crippen LogP contribution in [0.5, 0.6) is 5.75 Å². The van der Waals surface area contributed by atoms with E-state index in [0.29, 0.717) is 13.2 Å². The number of carbonyl (C=O) groups is 1. The molecule has 4 rings (SSSR count). The third kappa shape index (κ3) is 4.78. The SMILES string of the molecule is Cc1cc(OCCCn2c(CCNC(=O)C3CC3)nc3ccccc32)cc(C)c1Cl. The van der Waals surface area contributed by atoms with Crippen LogP contribution in [0.2, 0.25) is 5.02 Å². The summed E-state index contributed by atoms with van der Waals surface area (Å²) in [4.78, 5) is 16.7. The number of amides is 1. The van der Waals surface area contributed by atoms with E-state index in [1.54, 1.807) is 0 Å². The summed E-state index contributed by atoms with van der Waals surface area (Å²) in [6, 6.07) is 12.1. The summed E-state index contributed by atoms with van der Waals surface area (Å²) in [7, 11) is 0. The zero-order valence-corrected chi connectivity index (χ0v) is 18.3. The van der Waals surface area contributed by atoms with Gasteiger partial charge < -0.3 is 14.6 Å². The van der Waals surface area contributed by atoms with Crippen molar-refractivity contribution in [2.75, 3.05) is 13.2 Å². The monoisotopic (exact) mass is 425 g/mol. The van der Waals surface area contributed by atoms with Crippen LogP contribution in [0.1, 0.15) is 36.2 Å². The highest BCUT2D eigenvalue weighted by molar-refractivity contribution is 6.32. The van der Waals surface area contributed by atoms with E-state index in [1.165, 1.54) is 0 Å². The minimum Gasteiger partial charge on any atom is -0.494 e. The number of nitrogens with zero attached hydrogens (tertiary/aromatic N) is 2. The number of ether oxygens (including phenoxy) is 1. The summed E-state index contributed by atoms with van der Waals surface area (Å²) in [6.07, 6.45) is 3.64. The Kier molecular flexibility index (Phi) is 6.28. The summed E-state index contributed by atoms with van der Waals surface area (Å²) >= 11 is 6.24. The quantitative estimate of drug-likeness (QED) is 0.499. The van der Waals surface area contributed by atoms with Crippen molar-refractivity contribution >= 4 is 28.5 Å². The first-order chi connectivity index (χ1) is 14.5. The minimum atomic E-state index is 0.180. The maximum atomic E-state index is 11.9.